The molecule has 4 heteroatoms. The zero-order chi connectivity index (χ0) is 8.65. The van der Waals surface area contributed by atoms with E-state index >= 15 is 0 Å². The molecule has 66 valence electrons. The van der Waals surface area contributed by atoms with E-state index in [1.54, 1.807) is 18.6 Å². The molecule has 0 amide bonds. The van der Waals surface area contributed by atoms with Gasteiger partial charge < -0.3 is 5.32 Å². The number of hydrogen-bond donors (Lipinski definition) is 1. The van der Waals surface area contributed by atoms with Crippen LogP contribution >= 0.6 is 11.8 Å². The van der Waals surface area contributed by atoms with Crippen LogP contribution in [0.1, 0.15) is 5.69 Å². The summed E-state index contributed by atoms with van der Waals surface area (Å²) in [6, 6.07) is 0. The van der Waals surface area contributed by atoms with E-state index in [4.69, 9.17) is 0 Å². The molecule has 1 aromatic rings. The lowest BCUT2D eigenvalue weighted by Gasteiger charge is -2.01. The topological polar surface area (TPSA) is 37.8 Å². The Morgan fingerprint density at radius 3 is 3.08 bits per heavy atom. The van der Waals surface area contributed by atoms with Gasteiger partial charge in [0.15, 0.2) is 0 Å². The smallest absolute Gasteiger partial charge is 0.0724 e. The molecule has 0 bridgehead atoms. The average Bonchev–Trinajstić information content (AvgIpc) is 2.14. The predicted octanol–water partition coefficient (Wildman–Crippen LogP) is 0.929. The van der Waals surface area contributed by atoms with Gasteiger partial charge in [-0.05, 0) is 6.26 Å². The highest BCUT2D eigenvalue weighted by Crippen LogP contribution is 1.90. The van der Waals surface area contributed by atoms with Crippen molar-refractivity contribution in [1.82, 2.24) is 15.3 Å². The molecule has 1 rings (SSSR count). The van der Waals surface area contributed by atoms with Crippen molar-refractivity contribution in [2.24, 2.45) is 0 Å². The zero-order valence-electron chi connectivity index (χ0n) is 7.16. The van der Waals surface area contributed by atoms with E-state index in [0.29, 0.717) is 0 Å². The van der Waals surface area contributed by atoms with Gasteiger partial charge in [-0.25, -0.2) is 0 Å². The standard InChI is InChI=1S/C8H13N3S/c1-12-5-4-10-7-8-6-9-2-3-11-8/h2-3,6,10H,4-5,7H2,1H3. The SMILES string of the molecule is CSCCNCc1cnccn1. The molecule has 0 aliphatic rings. The maximum atomic E-state index is 4.14. The fourth-order valence-corrected chi connectivity index (χ4v) is 1.16. The molecule has 0 saturated carbocycles. The van der Waals surface area contributed by atoms with E-state index in [2.05, 4.69) is 21.5 Å². The van der Waals surface area contributed by atoms with E-state index < -0.39 is 0 Å². The van der Waals surface area contributed by atoms with Gasteiger partial charge in [-0.2, -0.15) is 11.8 Å². The molecule has 0 aliphatic carbocycles. The van der Waals surface area contributed by atoms with E-state index in [-0.39, 0.29) is 0 Å². The molecule has 1 aromatic heterocycles. The first-order valence-corrected chi connectivity index (χ1v) is 5.27. The highest BCUT2D eigenvalue weighted by Gasteiger charge is 1.91. The molecule has 0 unspecified atom stereocenters. The minimum absolute atomic E-state index is 0.814. The van der Waals surface area contributed by atoms with E-state index in [0.717, 1.165) is 24.5 Å². The first-order chi connectivity index (χ1) is 5.93. The van der Waals surface area contributed by atoms with E-state index in [1.165, 1.54) is 0 Å². The van der Waals surface area contributed by atoms with Crippen LogP contribution in [-0.4, -0.2) is 28.5 Å². The number of hydrogen-bond acceptors (Lipinski definition) is 4. The molecule has 0 saturated heterocycles. The normalized spacial score (nSPS) is 10.1. The molecule has 0 fully saturated rings. The molecule has 0 radical (unpaired) electrons. The van der Waals surface area contributed by atoms with Crippen LogP contribution in [0.5, 0.6) is 0 Å². The number of rotatable bonds is 5. The lowest BCUT2D eigenvalue weighted by molar-refractivity contribution is 0.712. The Morgan fingerprint density at radius 2 is 2.42 bits per heavy atom. The number of thioether (sulfide) groups is 1. The van der Waals surface area contributed by atoms with Crippen LogP contribution in [0.2, 0.25) is 0 Å². The highest BCUT2D eigenvalue weighted by molar-refractivity contribution is 7.98. The first-order valence-electron chi connectivity index (χ1n) is 3.88. The van der Waals surface area contributed by atoms with Gasteiger partial charge in [0.25, 0.3) is 0 Å². The first kappa shape index (κ1) is 9.48. The van der Waals surface area contributed by atoms with Crippen LogP contribution in [-0.2, 0) is 6.54 Å². The second-order valence-electron chi connectivity index (χ2n) is 2.37. The maximum absolute atomic E-state index is 4.14. The van der Waals surface area contributed by atoms with Crippen LogP contribution in [0.15, 0.2) is 18.6 Å². The van der Waals surface area contributed by atoms with Gasteiger partial charge >= 0.3 is 0 Å². The summed E-state index contributed by atoms with van der Waals surface area (Å²) in [6.45, 7) is 1.84. The van der Waals surface area contributed by atoms with Crippen LogP contribution in [0.4, 0.5) is 0 Å². The number of aromatic nitrogens is 2. The molecule has 1 heterocycles. The molecular formula is C8H13N3S. The predicted molar refractivity (Wildman–Crippen MR) is 52.1 cm³/mol. The summed E-state index contributed by atoms with van der Waals surface area (Å²) in [5.41, 5.74) is 0.999. The lowest BCUT2D eigenvalue weighted by Crippen LogP contribution is -2.17. The second kappa shape index (κ2) is 5.97. The molecular weight excluding hydrogens is 170 g/mol. The summed E-state index contributed by atoms with van der Waals surface area (Å²) < 4.78 is 0. The van der Waals surface area contributed by atoms with Crippen molar-refractivity contribution in [2.45, 2.75) is 6.54 Å². The van der Waals surface area contributed by atoms with Gasteiger partial charge in [0, 0.05) is 37.4 Å². The Labute approximate surface area is 77.0 Å². The Kier molecular flexibility index (Phi) is 4.71. The Balaban J connectivity index is 2.16. The third kappa shape index (κ3) is 3.69. The van der Waals surface area contributed by atoms with Gasteiger partial charge in [0.2, 0.25) is 0 Å². The summed E-state index contributed by atoms with van der Waals surface area (Å²) in [6.07, 6.45) is 7.28. The van der Waals surface area contributed by atoms with Crippen molar-refractivity contribution in [1.29, 1.82) is 0 Å². The largest absolute Gasteiger partial charge is 0.310 e. The van der Waals surface area contributed by atoms with Crippen molar-refractivity contribution >= 4 is 11.8 Å². The highest BCUT2D eigenvalue weighted by atomic mass is 32.2. The molecule has 12 heavy (non-hydrogen) atoms. The summed E-state index contributed by atoms with van der Waals surface area (Å²) in [5, 5.41) is 3.28. The van der Waals surface area contributed by atoms with Gasteiger partial charge in [-0.15, -0.1) is 0 Å². The fraction of sp³-hybridized carbons (Fsp3) is 0.500. The minimum atomic E-state index is 0.814. The minimum Gasteiger partial charge on any atom is -0.310 e. The molecule has 1 N–H and O–H groups in total. The van der Waals surface area contributed by atoms with Crippen molar-refractivity contribution in [2.75, 3.05) is 18.6 Å². The van der Waals surface area contributed by atoms with Gasteiger partial charge in [0.05, 0.1) is 5.69 Å². The van der Waals surface area contributed by atoms with Crippen LogP contribution < -0.4 is 5.32 Å². The lowest BCUT2D eigenvalue weighted by atomic mass is 10.4. The van der Waals surface area contributed by atoms with Gasteiger partial charge in [0.1, 0.15) is 0 Å². The molecule has 0 spiro atoms. The molecule has 0 aromatic carbocycles. The quantitative estimate of drug-likeness (QED) is 0.689. The van der Waals surface area contributed by atoms with E-state index in [1.807, 2.05) is 11.8 Å². The van der Waals surface area contributed by atoms with Crippen LogP contribution in [0, 0.1) is 0 Å². The molecule has 0 aliphatic heterocycles. The second-order valence-corrected chi connectivity index (χ2v) is 3.35. The van der Waals surface area contributed by atoms with Gasteiger partial charge in [-0.3, -0.25) is 9.97 Å². The Hall–Kier alpha value is -0.610. The third-order valence-electron chi connectivity index (χ3n) is 1.41. The van der Waals surface area contributed by atoms with Crippen molar-refractivity contribution in [3.63, 3.8) is 0 Å². The molecule has 0 atom stereocenters. The number of nitrogens with zero attached hydrogens (tertiary/aromatic N) is 2. The fourth-order valence-electron chi connectivity index (χ4n) is 0.812. The molecule has 3 nitrogen and oxygen atoms in total. The maximum Gasteiger partial charge on any atom is 0.0724 e. The van der Waals surface area contributed by atoms with Crippen LogP contribution in [0.25, 0.3) is 0 Å². The van der Waals surface area contributed by atoms with Gasteiger partial charge in [-0.1, -0.05) is 0 Å². The number of nitrogens with one attached hydrogen (secondary N) is 1. The van der Waals surface area contributed by atoms with Crippen molar-refractivity contribution in [3.05, 3.63) is 24.3 Å². The monoisotopic (exact) mass is 183 g/mol. The summed E-state index contributed by atoms with van der Waals surface area (Å²) in [7, 11) is 0. The Bertz CT molecular complexity index is 203. The van der Waals surface area contributed by atoms with Crippen molar-refractivity contribution in [3.8, 4) is 0 Å². The van der Waals surface area contributed by atoms with Crippen LogP contribution in [0.3, 0.4) is 0 Å². The van der Waals surface area contributed by atoms with E-state index in [9.17, 15) is 0 Å². The summed E-state index contributed by atoms with van der Waals surface area (Å²) in [4.78, 5) is 8.12. The Morgan fingerprint density at radius 1 is 1.50 bits per heavy atom. The van der Waals surface area contributed by atoms with Crippen molar-refractivity contribution < 1.29 is 0 Å². The average molecular weight is 183 g/mol. The third-order valence-corrected chi connectivity index (χ3v) is 2.02. The summed E-state index contributed by atoms with van der Waals surface area (Å²) in [5.74, 6) is 1.14. The summed E-state index contributed by atoms with van der Waals surface area (Å²) >= 11 is 1.84. The zero-order valence-corrected chi connectivity index (χ0v) is 7.97.